The first kappa shape index (κ1) is 11.9. The lowest BCUT2D eigenvalue weighted by molar-refractivity contribution is -0.384. The number of hydrogen-bond donors (Lipinski definition) is 1. The Morgan fingerprint density at radius 2 is 2.12 bits per heavy atom. The van der Waals surface area contributed by atoms with E-state index < -0.39 is 4.92 Å². The zero-order chi connectivity index (χ0) is 12.3. The van der Waals surface area contributed by atoms with Gasteiger partial charge >= 0.3 is 0 Å². The smallest absolute Gasteiger partial charge is 0.292 e. The molecule has 6 heteroatoms. The molecule has 0 unspecified atom stereocenters. The molecule has 1 aromatic rings. The van der Waals surface area contributed by atoms with Crippen molar-refractivity contribution in [1.29, 1.82) is 0 Å². The minimum absolute atomic E-state index is 0.0608. The van der Waals surface area contributed by atoms with Crippen molar-refractivity contribution >= 4 is 24.7 Å². The predicted molar refractivity (Wildman–Crippen MR) is 65.9 cm³/mol. The number of nitro benzene ring substituents is 1. The van der Waals surface area contributed by atoms with Gasteiger partial charge in [-0.05, 0) is 18.9 Å². The molecule has 0 aliphatic carbocycles. The molecule has 2 radical (unpaired) electrons. The first-order valence-corrected chi connectivity index (χ1v) is 5.55. The summed E-state index contributed by atoms with van der Waals surface area (Å²) in [5.41, 5.74) is 1.07. The van der Waals surface area contributed by atoms with Gasteiger partial charge < -0.3 is 10.1 Å². The van der Waals surface area contributed by atoms with Gasteiger partial charge in [-0.3, -0.25) is 10.1 Å². The molecule has 0 atom stereocenters. The van der Waals surface area contributed by atoms with Crippen molar-refractivity contribution in [3.05, 3.63) is 28.3 Å². The van der Waals surface area contributed by atoms with Gasteiger partial charge in [-0.2, -0.15) is 0 Å². The lowest BCUT2D eigenvalue weighted by Crippen LogP contribution is -2.28. The molecule has 1 aromatic carbocycles. The summed E-state index contributed by atoms with van der Waals surface area (Å²) in [6, 6.07) is 4.78. The molecule has 0 spiro atoms. The van der Waals surface area contributed by atoms with Gasteiger partial charge in [-0.1, -0.05) is 11.5 Å². The van der Waals surface area contributed by atoms with Crippen LogP contribution < -0.4 is 10.8 Å². The molecular formula is C11H13BN2O3. The molecule has 0 saturated carbocycles. The normalized spacial score (nSPS) is 16.7. The Labute approximate surface area is 101 Å². The predicted octanol–water partition coefficient (Wildman–Crippen LogP) is 0.979. The maximum absolute atomic E-state index is 10.9. The van der Waals surface area contributed by atoms with Gasteiger partial charge in [0.2, 0.25) is 0 Å². The van der Waals surface area contributed by atoms with Gasteiger partial charge in [0.15, 0.2) is 0 Å². The third kappa shape index (κ3) is 2.97. The van der Waals surface area contributed by atoms with Crippen molar-refractivity contribution in [2.45, 2.75) is 18.9 Å². The highest BCUT2D eigenvalue weighted by Gasteiger charge is 2.19. The molecule has 17 heavy (non-hydrogen) atoms. The van der Waals surface area contributed by atoms with E-state index in [-0.39, 0.29) is 11.7 Å². The van der Waals surface area contributed by atoms with Crippen LogP contribution in [-0.4, -0.2) is 32.0 Å². The lowest BCUT2D eigenvalue weighted by atomic mass is 9.95. The van der Waals surface area contributed by atoms with Crippen LogP contribution in [0.25, 0.3) is 0 Å². The number of ether oxygens (including phenoxy) is 1. The van der Waals surface area contributed by atoms with Gasteiger partial charge in [0.25, 0.3) is 5.69 Å². The summed E-state index contributed by atoms with van der Waals surface area (Å²) in [6.45, 7) is 1.38. The molecule has 0 amide bonds. The van der Waals surface area contributed by atoms with Crippen LogP contribution in [-0.2, 0) is 4.74 Å². The SMILES string of the molecule is [B]c1ccc([N+](=O)[O-])c(NC2CCOCC2)c1. The van der Waals surface area contributed by atoms with Gasteiger partial charge in [0.1, 0.15) is 13.5 Å². The molecule has 88 valence electrons. The van der Waals surface area contributed by atoms with Crippen molar-refractivity contribution in [1.82, 2.24) is 0 Å². The van der Waals surface area contributed by atoms with E-state index in [2.05, 4.69) is 5.32 Å². The average molecular weight is 232 g/mol. The molecule has 0 aromatic heterocycles. The highest BCUT2D eigenvalue weighted by atomic mass is 16.6. The molecule has 1 fully saturated rings. The molecular weight excluding hydrogens is 219 g/mol. The Bertz CT molecular complexity index is 419. The Morgan fingerprint density at radius 1 is 1.41 bits per heavy atom. The van der Waals surface area contributed by atoms with Gasteiger partial charge in [0, 0.05) is 25.3 Å². The Morgan fingerprint density at radius 3 is 2.76 bits per heavy atom. The first-order chi connectivity index (χ1) is 8.16. The average Bonchev–Trinajstić information content (AvgIpc) is 2.30. The van der Waals surface area contributed by atoms with Crippen LogP contribution >= 0.6 is 0 Å². The Hall–Kier alpha value is -1.56. The molecule has 2 rings (SSSR count). The van der Waals surface area contributed by atoms with E-state index >= 15 is 0 Å². The number of nitro groups is 1. The largest absolute Gasteiger partial charge is 0.381 e. The summed E-state index contributed by atoms with van der Waals surface area (Å²) in [5, 5.41) is 14.0. The van der Waals surface area contributed by atoms with Gasteiger partial charge in [-0.25, -0.2) is 0 Å². The quantitative estimate of drug-likeness (QED) is 0.479. The summed E-state index contributed by atoms with van der Waals surface area (Å²) < 4.78 is 5.24. The van der Waals surface area contributed by atoms with Crippen LogP contribution in [0.3, 0.4) is 0 Å². The fourth-order valence-corrected chi connectivity index (χ4v) is 1.89. The maximum atomic E-state index is 10.9. The van der Waals surface area contributed by atoms with Crippen LogP contribution in [0, 0.1) is 10.1 Å². The van der Waals surface area contributed by atoms with E-state index in [1.54, 1.807) is 6.07 Å². The number of anilines is 1. The Kier molecular flexibility index (Phi) is 3.63. The second kappa shape index (κ2) is 5.18. The molecule has 1 aliphatic rings. The van der Waals surface area contributed by atoms with Crippen LogP contribution in [0.15, 0.2) is 18.2 Å². The molecule has 1 N–H and O–H groups in total. The van der Waals surface area contributed by atoms with Crippen molar-refractivity contribution < 1.29 is 9.66 Å². The molecule has 5 nitrogen and oxygen atoms in total. The summed E-state index contributed by atoms with van der Waals surface area (Å²) >= 11 is 0. The van der Waals surface area contributed by atoms with Crippen LogP contribution in [0.5, 0.6) is 0 Å². The first-order valence-electron chi connectivity index (χ1n) is 5.55. The van der Waals surface area contributed by atoms with Gasteiger partial charge in [0.05, 0.1) is 4.92 Å². The van der Waals surface area contributed by atoms with Gasteiger partial charge in [-0.15, -0.1) is 0 Å². The summed E-state index contributed by atoms with van der Waals surface area (Å²) in [4.78, 5) is 10.5. The molecule has 1 saturated heterocycles. The number of hydrogen-bond acceptors (Lipinski definition) is 4. The number of nitrogens with zero attached hydrogens (tertiary/aromatic N) is 1. The van der Waals surface area contributed by atoms with E-state index in [0.29, 0.717) is 24.4 Å². The van der Waals surface area contributed by atoms with E-state index in [1.165, 1.54) is 12.1 Å². The van der Waals surface area contributed by atoms with E-state index in [1.807, 2.05) is 0 Å². The zero-order valence-corrected chi connectivity index (χ0v) is 9.39. The monoisotopic (exact) mass is 232 g/mol. The topological polar surface area (TPSA) is 64.4 Å². The summed E-state index contributed by atoms with van der Waals surface area (Å²) in [6.07, 6.45) is 1.71. The molecule has 1 heterocycles. The fraction of sp³-hybridized carbons (Fsp3) is 0.455. The second-order valence-corrected chi connectivity index (χ2v) is 4.06. The van der Waals surface area contributed by atoms with Crippen LogP contribution in [0.4, 0.5) is 11.4 Å². The fourth-order valence-electron chi connectivity index (χ4n) is 1.89. The van der Waals surface area contributed by atoms with Crippen molar-refractivity contribution in [3.8, 4) is 0 Å². The zero-order valence-electron chi connectivity index (χ0n) is 9.39. The minimum Gasteiger partial charge on any atom is -0.381 e. The minimum atomic E-state index is -0.402. The summed E-state index contributed by atoms with van der Waals surface area (Å²) in [5.74, 6) is 0. The molecule has 0 bridgehead atoms. The third-order valence-electron chi connectivity index (χ3n) is 2.80. The van der Waals surface area contributed by atoms with Crippen molar-refractivity contribution in [2.24, 2.45) is 0 Å². The van der Waals surface area contributed by atoms with E-state index in [9.17, 15) is 10.1 Å². The van der Waals surface area contributed by atoms with Crippen LogP contribution in [0.2, 0.25) is 0 Å². The highest BCUT2D eigenvalue weighted by molar-refractivity contribution is 6.32. The number of rotatable bonds is 3. The Balaban J connectivity index is 2.17. The number of nitrogens with one attached hydrogen (secondary N) is 1. The van der Waals surface area contributed by atoms with E-state index in [0.717, 1.165) is 12.8 Å². The maximum Gasteiger partial charge on any atom is 0.292 e. The van der Waals surface area contributed by atoms with Crippen molar-refractivity contribution in [3.63, 3.8) is 0 Å². The third-order valence-corrected chi connectivity index (χ3v) is 2.80. The van der Waals surface area contributed by atoms with E-state index in [4.69, 9.17) is 12.6 Å². The molecule has 1 aliphatic heterocycles. The standard InChI is InChI=1S/C11H13BN2O3/c12-8-1-2-11(14(15)16)10(7-8)13-9-3-5-17-6-4-9/h1-2,7,9,13H,3-6H2. The lowest BCUT2D eigenvalue weighted by Gasteiger charge is -2.24. The van der Waals surface area contributed by atoms with Crippen molar-refractivity contribution in [2.75, 3.05) is 18.5 Å². The summed E-state index contributed by atoms with van der Waals surface area (Å²) in [7, 11) is 5.65. The second-order valence-electron chi connectivity index (χ2n) is 4.06. The van der Waals surface area contributed by atoms with Crippen LogP contribution in [0.1, 0.15) is 12.8 Å². The number of benzene rings is 1. The highest BCUT2D eigenvalue weighted by Crippen LogP contribution is 2.24.